The summed E-state index contributed by atoms with van der Waals surface area (Å²) >= 11 is 0. The summed E-state index contributed by atoms with van der Waals surface area (Å²) in [5, 5.41) is 0. The summed E-state index contributed by atoms with van der Waals surface area (Å²) in [6, 6.07) is 1.64. The van der Waals surface area contributed by atoms with Gasteiger partial charge in [0.05, 0.1) is 0 Å². The minimum Gasteiger partial charge on any atom is -0.298 e. The molecule has 13 heavy (non-hydrogen) atoms. The van der Waals surface area contributed by atoms with Gasteiger partial charge in [0, 0.05) is 12.1 Å². The predicted octanol–water partition coefficient (Wildman–Crippen LogP) is 3.05. The van der Waals surface area contributed by atoms with Crippen molar-refractivity contribution in [2.45, 2.75) is 65.0 Å². The molecule has 1 saturated carbocycles. The highest BCUT2D eigenvalue weighted by Gasteiger charge is 2.47. The van der Waals surface area contributed by atoms with Crippen molar-refractivity contribution in [2.75, 3.05) is 6.54 Å². The first-order chi connectivity index (χ1) is 6.17. The summed E-state index contributed by atoms with van der Waals surface area (Å²) in [6.07, 6.45) is 7.36. The first-order valence-corrected chi connectivity index (χ1v) is 5.93. The Kier molecular flexibility index (Phi) is 2.39. The molecule has 0 N–H and O–H groups in total. The summed E-state index contributed by atoms with van der Waals surface area (Å²) in [5.74, 6) is 0. The van der Waals surface area contributed by atoms with Crippen molar-refractivity contribution in [2.24, 2.45) is 5.41 Å². The highest BCUT2D eigenvalue weighted by molar-refractivity contribution is 5.00. The fourth-order valence-electron chi connectivity index (χ4n) is 2.96. The summed E-state index contributed by atoms with van der Waals surface area (Å²) in [5.41, 5.74) is 0.825. The lowest BCUT2D eigenvalue weighted by Crippen LogP contribution is -2.46. The minimum atomic E-state index is 0.751. The second-order valence-corrected chi connectivity index (χ2v) is 5.35. The van der Waals surface area contributed by atoms with E-state index in [1.807, 2.05) is 0 Å². The third-order valence-corrected chi connectivity index (χ3v) is 4.13. The number of rotatable bonds is 2. The normalized spacial score (nSPS) is 32.8. The van der Waals surface area contributed by atoms with E-state index in [9.17, 15) is 0 Å². The Morgan fingerprint density at radius 2 is 2.00 bits per heavy atom. The number of piperidine rings is 1. The Morgan fingerprint density at radius 1 is 1.31 bits per heavy atom. The van der Waals surface area contributed by atoms with Gasteiger partial charge in [-0.1, -0.05) is 6.92 Å². The average Bonchev–Trinajstić information content (AvgIpc) is 2.84. The van der Waals surface area contributed by atoms with Gasteiger partial charge in [-0.2, -0.15) is 0 Å². The van der Waals surface area contributed by atoms with Gasteiger partial charge in [0.15, 0.2) is 0 Å². The van der Waals surface area contributed by atoms with Gasteiger partial charge in [-0.05, 0) is 57.9 Å². The van der Waals surface area contributed by atoms with E-state index in [0.29, 0.717) is 0 Å². The van der Waals surface area contributed by atoms with Crippen molar-refractivity contribution < 1.29 is 0 Å². The van der Waals surface area contributed by atoms with E-state index in [-0.39, 0.29) is 0 Å². The average molecular weight is 181 g/mol. The molecule has 1 nitrogen and oxygen atoms in total. The zero-order valence-electron chi connectivity index (χ0n) is 9.34. The summed E-state index contributed by atoms with van der Waals surface area (Å²) < 4.78 is 0. The molecule has 0 amide bonds. The molecule has 1 aliphatic heterocycles. The SMILES string of the molecule is CC[C@@H]1CC2(CCN1C(C)C)CC2. The molecular formula is C12H23N. The third kappa shape index (κ3) is 1.76. The van der Waals surface area contributed by atoms with Crippen molar-refractivity contribution in [1.82, 2.24) is 4.90 Å². The van der Waals surface area contributed by atoms with Gasteiger partial charge < -0.3 is 0 Å². The number of hydrogen-bond donors (Lipinski definition) is 0. The maximum absolute atomic E-state index is 2.71. The van der Waals surface area contributed by atoms with Crippen LogP contribution in [-0.2, 0) is 0 Å². The van der Waals surface area contributed by atoms with E-state index in [0.717, 1.165) is 17.5 Å². The van der Waals surface area contributed by atoms with Crippen LogP contribution in [0.4, 0.5) is 0 Å². The standard InChI is InChI=1S/C12H23N/c1-4-11-9-12(5-6-12)7-8-13(11)10(2)3/h10-11H,4-9H2,1-3H3/t11-/m1/s1. The highest BCUT2D eigenvalue weighted by atomic mass is 15.2. The Bertz CT molecular complexity index is 182. The van der Waals surface area contributed by atoms with Crippen LogP contribution in [0.1, 0.15) is 52.9 Å². The number of hydrogen-bond acceptors (Lipinski definition) is 1. The van der Waals surface area contributed by atoms with Crippen LogP contribution in [0.3, 0.4) is 0 Å². The van der Waals surface area contributed by atoms with E-state index in [4.69, 9.17) is 0 Å². The number of nitrogens with zero attached hydrogens (tertiary/aromatic N) is 1. The molecule has 1 atom stereocenters. The van der Waals surface area contributed by atoms with Crippen LogP contribution < -0.4 is 0 Å². The van der Waals surface area contributed by atoms with Crippen LogP contribution in [0.25, 0.3) is 0 Å². The van der Waals surface area contributed by atoms with Crippen LogP contribution >= 0.6 is 0 Å². The predicted molar refractivity (Wildman–Crippen MR) is 56.8 cm³/mol. The lowest BCUT2D eigenvalue weighted by Gasteiger charge is -2.42. The monoisotopic (exact) mass is 181 g/mol. The van der Waals surface area contributed by atoms with Gasteiger partial charge in [0.2, 0.25) is 0 Å². The van der Waals surface area contributed by atoms with E-state index in [1.165, 1.54) is 38.6 Å². The van der Waals surface area contributed by atoms with Crippen molar-refractivity contribution in [3.63, 3.8) is 0 Å². The van der Waals surface area contributed by atoms with Gasteiger partial charge in [-0.25, -0.2) is 0 Å². The molecule has 1 heteroatoms. The molecule has 1 heterocycles. The molecule has 1 saturated heterocycles. The molecule has 2 aliphatic rings. The van der Waals surface area contributed by atoms with Crippen molar-refractivity contribution in [1.29, 1.82) is 0 Å². The highest BCUT2D eigenvalue weighted by Crippen LogP contribution is 2.55. The Morgan fingerprint density at radius 3 is 2.46 bits per heavy atom. The van der Waals surface area contributed by atoms with Crippen LogP contribution in [0, 0.1) is 5.41 Å². The van der Waals surface area contributed by atoms with Crippen LogP contribution in [0.5, 0.6) is 0 Å². The molecular weight excluding hydrogens is 158 g/mol. The largest absolute Gasteiger partial charge is 0.298 e. The summed E-state index contributed by atoms with van der Waals surface area (Å²) in [4.78, 5) is 2.71. The molecule has 1 aliphatic carbocycles. The summed E-state index contributed by atoms with van der Waals surface area (Å²) in [7, 11) is 0. The molecule has 2 fully saturated rings. The first kappa shape index (κ1) is 9.51. The number of likely N-dealkylation sites (tertiary alicyclic amines) is 1. The fraction of sp³-hybridized carbons (Fsp3) is 1.00. The van der Waals surface area contributed by atoms with E-state index in [1.54, 1.807) is 0 Å². The van der Waals surface area contributed by atoms with Crippen LogP contribution in [-0.4, -0.2) is 23.5 Å². The molecule has 0 aromatic rings. The van der Waals surface area contributed by atoms with Crippen molar-refractivity contribution in [3.8, 4) is 0 Å². The van der Waals surface area contributed by atoms with Crippen molar-refractivity contribution in [3.05, 3.63) is 0 Å². The second kappa shape index (κ2) is 3.27. The topological polar surface area (TPSA) is 3.24 Å². The van der Waals surface area contributed by atoms with Gasteiger partial charge in [0.1, 0.15) is 0 Å². The quantitative estimate of drug-likeness (QED) is 0.633. The molecule has 76 valence electrons. The van der Waals surface area contributed by atoms with Crippen molar-refractivity contribution >= 4 is 0 Å². The molecule has 0 unspecified atom stereocenters. The molecule has 0 aromatic carbocycles. The van der Waals surface area contributed by atoms with Gasteiger partial charge in [0.25, 0.3) is 0 Å². The lowest BCUT2D eigenvalue weighted by atomic mass is 9.86. The molecule has 0 bridgehead atoms. The third-order valence-electron chi connectivity index (χ3n) is 4.13. The molecule has 1 spiro atoms. The van der Waals surface area contributed by atoms with E-state index < -0.39 is 0 Å². The van der Waals surface area contributed by atoms with Crippen LogP contribution in [0.2, 0.25) is 0 Å². The Labute approximate surface area is 82.5 Å². The van der Waals surface area contributed by atoms with Gasteiger partial charge in [-0.15, -0.1) is 0 Å². The maximum Gasteiger partial charge on any atom is 0.0101 e. The Hall–Kier alpha value is -0.0400. The zero-order chi connectivity index (χ0) is 9.47. The Balaban J connectivity index is 1.98. The van der Waals surface area contributed by atoms with E-state index in [2.05, 4.69) is 25.7 Å². The van der Waals surface area contributed by atoms with Gasteiger partial charge in [-0.3, -0.25) is 4.90 Å². The lowest BCUT2D eigenvalue weighted by molar-refractivity contribution is 0.0703. The van der Waals surface area contributed by atoms with Crippen LogP contribution in [0.15, 0.2) is 0 Å². The first-order valence-electron chi connectivity index (χ1n) is 5.93. The van der Waals surface area contributed by atoms with Gasteiger partial charge >= 0.3 is 0 Å². The molecule has 0 aromatic heterocycles. The molecule has 2 rings (SSSR count). The summed E-state index contributed by atoms with van der Waals surface area (Å²) in [6.45, 7) is 8.39. The minimum absolute atomic E-state index is 0.751. The van der Waals surface area contributed by atoms with E-state index >= 15 is 0 Å². The molecule has 0 radical (unpaired) electrons. The fourth-order valence-corrected chi connectivity index (χ4v) is 2.96. The smallest absolute Gasteiger partial charge is 0.0101 e. The second-order valence-electron chi connectivity index (χ2n) is 5.35. The zero-order valence-corrected chi connectivity index (χ0v) is 9.34. The maximum atomic E-state index is 2.71.